The van der Waals surface area contributed by atoms with E-state index in [1.807, 2.05) is 42.5 Å². The first-order chi connectivity index (χ1) is 12.1. The highest BCUT2D eigenvalue weighted by molar-refractivity contribution is 6.02. The summed E-state index contributed by atoms with van der Waals surface area (Å²) in [5, 5.41) is 17.3. The van der Waals surface area contributed by atoms with Crippen molar-refractivity contribution in [2.45, 2.75) is 38.2 Å². The lowest BCUT2D eigenvalue weighted by Gasteiger charge is -2.24. The second-order valence-corrected chi connectivity index (χ2v) is 6.62. The molecule has 0 spiro atoms. The molecule has 2 aromatic carbocycles. The Labute approximate surface area is 147 Å². The second-order valence-electron chi connectivity index (χ2n) is 6.62. The fourth-order valence-electron chi connectivity index (χ4n) is 3.33. The molecule has 0 heterocycles. The number of aliphatic hydroxyl groups excluding tert-OH is 1. The summed E-state index contributed by atoms with van der Waals surface area (Å²) in [7, 11) is 0. The summed E-state index contributed by atoms with van der Waals surface area (Å²) in [6.07, 6.45) is 2.77. The maximum atomic E-state index is 12.2. The van der Waals surface area contributed by atoms with Gasteiger partial charge in [0.25, 0.3) is 0 Å². The summed E-state index contributed by atoms with van der Waals surface area (Å²) >= 11 is 0. The summed E-state index contributed by atoms with van der Waals surface area (Å²) in [5.41, 5.74) is 0.788. The van der Waals surface area contributed by atoms with Crippen LogP contribution in [0.5, 0.6) is 0 Å². The molecule has 3 N–H and O–H groups in total. The van der Waals surface area contributed by atoms with E-state index in [1.165, 1.54) is 0 Å². The highest BCUT2D eigenvalue weighted by atomic mass is 16.3. The lowest BCUT2D eigenvalue weighted by molar-refractivity contribution is -0.126. The minimum absolute atomic E-state index is 0.00939. The number of amides is 2. The lowest BCUT2D eigenvalue weighted by atomic mass is 9.87. The van der Waals surface area contributed by atoms with Gasteiger partial charge in [-0.15, -0.1) is 0 Å². The minimum Gasteiger partial charge on any atom is -0.393 e. The standard InChI is InChI=1S/C20H24N2O3/c23-16-10-8-15(9-11-16)20(25)21-13-12-19(24)22-18-7-3-5-14-4-1-2-6-17(14)18/h1-7,15-16,23H,8-13H2,(H,21,25)(H,22,24). The van der Waals surface area contributed by atoms with Crippen molar-refractivity contribution in [2.75, 3.05) is 11.9 Å². The third kappa shape index (κ3) is 4.57. The highest BCUT2D eigenvalue weighted by Gasteiger charge is 2.24. The molecule has 1 fully saturated rings. The van der Waals surface area contributed by atoms with Gasteiger partial charge >= 0.3 is 0 Å². The van der Waals surface area contributed by atoms with Gasteiger partial charge in [-0.25, -0.2) is 0 Å². The summed E-state index contributed by atoms with van der Waals surface area (Å²) in [6.45, 7) is 0.328. The summed E-state index contributed by atoms with van der Waals surface area (Å²) in [6, 6.07) is 13.7. The molecule has 0 unspecified atom stereocenters. The van der Waals surface area contributed by atoms with Crippen molar-refractivity contribution in [3.63, 3.8) is 0 Å². The number of hydrogen-bond acceptors (Lipinski definition) is 3. The molecule has 0 saturated heterocycles. The molecule has 1 aliphatic carbocycles. The van der Waals surface area contributed by atoms with Gasteiger partial charge in [-0.3, -0.25) is 9.59 Å². The fraction of sp³-hybridized carbons (Fsp3) is 0.400. The number of aliphatic hydroxyl groups is 1. The van der Waals surface area contributed by atoms with Gasteiger partial charge in [0.15, 0.2) is 0 Å². The van der Waals surface area contributed by atoms with Crippen molar-refractivity contribution in [1.29, 1.82) is 0 Å². The maximum Gasteiger partial charge on any atom is 0.226 e. The van der Waals surface area contributed by atoms with Gasteiger partial charge in [-0.1, -0.05) is 36.4 Å². The smallest absolute Gasteiger partial charge is 0.226 e. The monoisotopic (exact) mass is 340 g/mol. The maximum absolute atomic E-state index is 12.2. The van der Waals surface area contributed by atoms with Crippen LogP contribution in [0.3, 0.4) is 0 Å². The normalized spacial score (nSPS) is 20.2. The molecule has 1 aliphatic rings. The average molecular weight is 340 g/mol. The first-order valence-corrected chi connectivity index (χ1v) is 8.87. The molecule has 1 saturated carbocycles. The van der Waals surface area contributed by atoms with Gasteiger partial charge in [-0.2, -0.15) is 0 Å². The zero-order valence-electron chi connectivity index (χ0n) is 14.2. The Balaban J connectivity index is 1.47. The van der Waals surface area contributed by atoms with E-state index >= 15 is 0 Å². The molecule has 132 valence electrons. The van der Waals surface area contributed by atoms with Gasteiger partial charge in [-0.05, 0) is 37.1 Å². The second kappa shape index (κ2) is 8.12. The SMILES string of the molecule is O=C(CCNC(=O)C1CCC(O)CC1)Nc1cccc2ccccc12. The van der Waals surface area contributed by atoms with E-state index in [2.05, 4.69) is 10.6 Å². The van der Waals surface area contributed by atoms with Crippen LogP contribution in [0.15, 0.2) is 42.5 Å². The Morgan fingerprint density at radius 3 is 2.52 bits per heavy atom. The number of hydrogen-bond donors (Lipinski definition) is 3. The molecule has 0 radical (unpaired) electrons. The molecule has 0 aliphatic heterocycles. The Morgan fingerprint density at radius 1 is 1.00 bits per heavy atom. The number of carbonyl (C=O) groups excluding carboxylic acids is 2. The number of anilines is 1. The molecule has 5 heteroatoms. The molecule has 25 heavy (non-hydrogen) atoms. The molecule has 0 bridgehead atoms. The van der Waals surface area contributed by atoms with Gasteiger partial charge in [0.2, 0.25) is 11.8 Å². The highest BCUT2D eigenvalue weighted by Crippen LogP contribution is 2.24. The molecule has 5 nitrogen and oxygen atoms in total. The van der Waals surface area contributed by atoms with Crippen LogP contribution in [0.2, 0.25) is 0 Å². The van der Waals surface area contributed by atoms with Crippen LogP contribution in [0.4, 0.5) is 5.69 Å². The number of nitrogens with one attached hydrogen (secondary N) is 2. The van der Waals surface area contributed by atoms with Crippen LogP contribution >= 0.6 is 0 Å². The molecule has 0 atom stereocenters. The quantitative estimate of drug-likeness (QED) is 0.783. The Morgan fingerprint density at radius 2 is 1.72 bits per heavy atom. The zero-order chi connectivity index (χ0) is 17.6. The van der Waals surface area contributed by atoms with E-state index in [0.29, 0.717) is 19.4 Å². The van der Waals surface area contributed by atoms with E-state index in [4.69, 9.17) is 0 Å². The minimum atomic E-state index is -0.268. The number of carbonyl (C=O) groups is 2. The van der Waals surface area contributed by atoms with E-state index in [1.54, 1.807) is 0 Å². The molecule has 0 aromatic heterocycles. The molecular formula is C20H24N2O3. The van der Waals surface area contributed by atoms with Crippen LogP contribution in [0.1, 0.15) is 32.1 Å². The third-order valence-corrected chi connectivity index (χ3v) is 4.78. The third-order valence-electron chi connectivity index (χ3n) is 4.78. The zero-order valence-corrected chi connectivity index (χ0v) is 14.2. The van der Waals surface area contributed by atoms with Crippen LogP contribution in [0, 0.1) is 5.92 Å². The average Bonchev–Trinajstić information content (AvgIpc) is 2.62. The number of benzene rings is 2. The van der Waals surface area contributed by atoms with Crippen molar-refractivity contribution in [3.05, 3.63) is 42.5 Å². The van der Waals surface area contributed by atoms with Gasteiger partial charge in [0.05, 0.1) is 6.10 Å². The molecule has 3 rings (SSSR count). The van der Waals surface area contributed by atoms with E-state index in [0.717, 1.165) is 29.3 Å². The summed E-state index contributed by atoms with van der Waals surface area (Å²) in [5.74, 6) is -0.162. The topological polar surface area (TPSA) is 78.4 Å². The van der Waals surface area contributed by atoms with Crippen LogP contribution in [0.25, 0.3) is 10.8 Å². The Bertz CT molecular complexity index is 746. The number of rotatable bonds is 5. The van der Waals surface area contributed by atoms with Crippen molar-refractivity contribution < 1.29 is 14.7 Å². The summed E-state index contributed by atoms with van der Waals surface area (Å²) in [4.78, 5) is 24.3. The van der Waals surface area contributed by atoms with Crippen molar-refractivity contribution >= 4 is 28.3 Å². The van der Waals surface area contributed by atoms with Crippen molar-refractivity contribution in [1.82, 2.24) is 5.32 Å². The van der Waals surface area contributed by atoms with Crippen molar-refractivity contribution in [2.24, 2.45) is 5.92 Å². The first-order valence-electron chi connectivity index (χ1n) is 8.87. The van der Waals surface area contributed by atoms with Crippen LogP contribution in [-0.4, -0.2) is 29.6 Å². The number of fused-ring (bicyclic) bond motifs is 1. The van der Waals surface area contributed by atoms with Crippen molar-refractivity contribution in [3.8, 4) is 0 Å². The van der Waals surface area contributed by atoms with Gasteiger partial charge in [0, 0.05) is 30.0 Å². The molecule has 2 aromatic rings. The van der Waals surface area contributed by atoms with Gasteiger partial charge in [0.1, 0.15) is 0 Å². The molecular weight excluding hydrogens is 316 g/mol. The Hall–Kier alpha value is -2.40. The summed E-state index contributed by atoms with van der Waals surface area (Å²) < 4.78 is 0. The predicted molar refractivity (Wildman–Crippen MR) is 98.2 cm³/mol. The largest absolute Gasteiger partial charge is 0.393 e. The van der Waals surface area contributed by atoms with E-state index < -0.39 is 0 Å². The fourth-order valence-corrected chi connectivity index (χ4v) is 3.33. The first kappa shape index (κ1) is 17.4. The van der Waals surface area contributed by atoms with E-state index in [-0.39, 0.29) is 30.3 Å². The predicted octanol–water partition coefficient (Wildman–Crippen LogP) is 2.84. The van der Waals surface area contributed by atoms with Gasteiger partial charge < -0.3 is 15.7 Å². The van der Waals surface area contributed by atoms with Crippen LogP contribution in [-0.2, 0) is 9.59 Å². The molecule has 2 amide bonds. The Kier molecular flexibility index (Phi) is 5.66. The van der Waals surface area contributed by atoms with E-state index in [9.17, 15) is 14.7 Å². The lowest BCUT2D eigenvalue weighted by Crippen LogP contribution is -2.35. The van der Waals surface area contributed by atoms with Crippen LogP contribution < -0.4 is 10.6 Å².